The Morgan fingerprint density at radius 3 is 2.76 bits per heavy atom. The van der Waals surface area contributed by atoms with Crippen molar-refractivity contribution in [1.29, 1.82) is 0 Å². The molecule has 0 radical (unpaired) electrons. The maximum absolute atomic E-state index is 11.8. The number of nitrogens with two attached hydrogens (primary N) is 1. The average Bonchev–Trinajstić information content (AvgIpc) is 2.91. The molecule has 0 saturated carbocycles. The summed E-state index contributed by atoms with van der Waals surface area (Å²) in [6.45, 7) is 4.14. The minimum Gasteiger partial charge on any atom is -0.460 e. The molecule has 2 heterocycles. The lowest BCUT2D eigenvalue weighted by atomic mass is 10.2. The topological polar surface area (TPSA) is 86.3 Å². The highest BCUT2D eigenvalue weighted by Gasteiger charge is 2.25. The Morgan fingerprint density at radius 2 is 2.05 bits per heavy atom. The summed E-state index contributed by atoms with van der Waals surface area (Å²) in [5.74, 6) is 0.627. The fraction of sp³-hybridized carbons (Fsp3) is 0.357. The first-order valence-corrected chi connectivity index (χ1v) is 6.88. The minimum atomic E-state index is -0.419. The first-order valence-electron chi connectivity index (χ1n) is 6.88. The molecule has 0 atom stereocenters. The van der Waals surface area contributed by atoms with E-state index in [0.717, 1.165) is 23.7 Å². The van der Waals surface area contributed by atoms with Crippen LogP contribution < -0.4 is 10.6 Å². The van der Waals surface area contributed by atoms with Gasteiger partial charge in [-0.1, -0.05) is 0 Å². The monoisotopic (exact) mass is 287 g/mol. The fourth-order valence-electron chi connectivity index (χ4n) is 2.41. The second-order valence-electron chi connectivity index (χ2n) is 4.83. The van der Waals surface area contributed by atoms with Crippen LogP contribution in [0.2, 0.25) is 0 Å². The zero-order chi connectivity index (χ0) is 14.8. The third-order valence-corrected chi connectivity index (χ3v) is 3.47. The number of anilines is 2. The van der Waals surface area contributed by atoms with E-state index >= 15 is 0 Å². The average molecular weight is 287 g/mol. The van der Waals surface area contributed by atoms with Gasteiger partial charge in [-0.3, -0.25) is 0 Å². The number of nitrogen functional groups attached to an aromatic ring is 1. The van der Waals surface area contributed by atoms with Gasteiger partial charge in [0, 0.05) is 24.5 Å². The normalized spacial score (nSPS) is 13.9. The van der Waals surface area contributed by atoms with Gasteiger partial charge in [0.15, 0.2) is 5.82 Å². The first-order chi connectivity index (χ1) is 10.2. The number of carbonyl (C=O) groups excluding carboxylic acids is 1. The van der Waals surface area contributed by atoms with E-state index in [1.165, 1.54) is 0 Å². The molecule has 2 N–H and O–H groups in total. The molecule has 110 valence electrons. The van der Waals surface area contributed by atoms with Crippen molar-refractivity contribution < 1.29 is 9.53 Å². The molecule has 0 fully saturated rings. The van der Waals surface area contributed by atoms with Crippen molar-refractivity contribution in [3.05, 3.63) is 35.9 Å². The lowest BCUT2D eigenvalue weighted by Crippen LogP contribution is -2.35. The van der Waals surface area contributed by atoms with Crippen LogP contribution >= 0.6 is 0 Å². The number of hydrogen-bond donors (Lipinski definition) is 1. The largest absolute Gasteiger partial charge is 0.460 e. The molecule has 0 aliphatic carbocycles. The zero-order valence-corrected chi connectivity index (χ0v) is 11.8. The van der Waals surface area contributed by atoms with Gasteiger partial charge in [-0.15, -0.1) is 10.2 Å². The smallest absolute Gasteiger partial charge is 0.376 e. The quantitative estimate of drug-likeness (QED) is 0.671. The van der Waals surface area contributed by atoms with Crippen LogP contribution in [0, 0.1) is 0 Å². The van der Waals surface area contributed by atoms with Gasteiger partial charge >= 0.3 is 5.97 Å². The van der Waals surface area contributed by atoms with E-state index in [-0.39, 0.29) is 5.82 Å². The van der Waals surface area contributed by atoms with Gasteiger partial charge in [0.2, 0.25) is 5.82 Å². The van der Waals surface area contributed by atoms with Crippen LogP contribution in [0.3, 0.4) is 0 Å². The van der Waals surface area contributed by atoms with Gasteiger partial charge in [0.1, 0.15) is 0 Å². The molecule has 0 spiro atoms. The summed E-state index contributed by atoms with van der Waals surface area (Å²) >= 11 is 0. The molecule has 0 unspecified atom stereocenters. The molecule has 3 rings (SSSR count). The van der Waals surface area contributed by atoms with Crippen LogP contribution in [0.4, 0.5) is 11.4 Å². The molecule has 0 bridgehead atoms. The van der Waals surface area contributed by atoms with E-state index in [1.807, 2.05) is 28.8 Å². The molecule has 1 aromatic carbocycles. The van der Waals surface area contributed by atoms with Gasteiger partial charge in [-0.05, 0) is 31.2 Å². The Morgan fingerprint density at radius 1 is 1.29 bits per heavy atom. The Hall–Kier alpha value is -2.57. The predicted molar refractivity (Wildman–Crippen MR) is 77.9 cm³/mol. The summed E-state index contributed by atoms with van der Waals surface area (Å²) in [5, 5.41) is 8.05. The molecule has 1 aliphatic heterocycles. The number of aromatic nitrogens is 3. The molecule has 0 amide bonds. The SMILES string of the molecule is CCOC(=O)c1nnc2n1CCN(c1ccc(N)cc1)C2. The van der Waals surface area contributed by atoms with Crippen molar-refractivity contribution in [3.8, 4) is 0 Å². The second kappa shape index (κ2) is 5.43. The highest BCUT2D eigenvalue weighted by Crippen LogP contribution is 2.22. The minimum absolute atomic E-state index is 0.281. The van der Waals surface area contributed by atoms with E-state index in [1.54, 1.807) is 6.92 Å². The molecule has 0 saturated heterocycles. The number of esters is 1. The summed E-state index contributed by atoms with van der Waals surface area (Å²) < 4.78 is 6.81. The maximum atomic E-state index is 11.8. The highest BCUT2D eigenvalue weighted by molar-refractivity contribution is 5.85. The molecule has 21 heavy (non-hydrogen) atoms. The zero-order valence-electron chi connectivity index (χ0n) is 11.8. The number of fused-ring (bicyclic) bond motifs is 1. The third-order valence-electron chi connectivity index (χ3n) is 3.47. The third kappa shape index (κ3) is 2.54. The summed E-state index contributed by atoms with van der Waals surface area (Å²) in [4.78, 5) is 14.0. The van der Waals surface area contributed by atoms with Gasteiger partial charge in [-0.25, -0.2) is 4.79 Å². The van der Waals surface area contributed by atoms with Gasteiger partial charge < -0.3 is 19.9 Å². The number of hydrogen-bond acceptors (Lipinski definition) is 6. The molecule has 7 heteroatoms. The Kier molecular flexibility index (Phi) is 3.47. The fourth-order valence-corrected chi connectivity index (χ4v) is 2.41. The lowest BCUT2D eigenvalue weighted by Gasteiger charge is -2.29. The molecular formula is C14H17N5O2. The summed E-state index contributed by atoms with van der Waals surface area (Å²) in [6.07, 6.45) is 0. The van der Waals surface area contributed by atoms with E-state index in [4.69, 9.17) is 10.5 Å². The van der Waals surface area contributed by atoms with Crippen molar-refractivity contribution in [2.24, 2.45) is 0 Å². The number of nitrogens with zero attached hydrogens (tertiary/aromatic N) is 4. The summed E-state index contributed by atoms with van der Waals surface area (Å²) in [7, 11) is 0. The Labute approximate surface area is 122 Å². The van der Waals surface area contributed by atoms with Crippen LogP contribution in [0.15, 0.2) is 24.3 Å². The van der Waals surface area contributed by atoms with E-state index < -0.39 is 5.97 Å². The highest BCUT2D eigenvalue weighted by atomic mass is 16.5. The maximum Gasteiger partial charge on any atom is 0.376 e. The number of carbonyl (C=O) groups is 1. The van der Waals surface area contributed by atoms with Crippen molar-refractivity contribution in [2.45, 2.75) is 20.0 Å². The lowest BCUT2D eigenvalue weighted by molar-refractivity contribution is 0.0505. The molecule has 2 aromatic rings. The van der Waals surface area contributed by atoms with Gasteiger partial charge in [-0.2, -0.15) is 0 Å². The van der Waals surface area contributed by atoms with E-state index in [0.29, 0.717) is 19.7 Å². The van der Waals surface area contributed by atoms with Crippen LogP contribution in [-0.2, 0) is 17.8 Å². The van der Waals surface area contributed by atoms with Crippen molar-refractivity contribution in [2.75, 3.05) is 23.8 Å². The molecule has 7 nitrogen and oxygen atoms in total. The predicted octanol–water partition coefficient (Wildman–Crippen LogP) is 1.06. The molecule has 1 aliphatic rings. The van der Waals surface area contributed by atoms with E-state index in [9.17, 15) is 4.79 Å². The summed E-state index contributed by atoms with van der Waals surface area (Å²) in [6, 6.07) is 7.71. The number of ether oxygens (including phenoxy) is 1. The molecule has 1 aromatic heterocycles. The number of rotatable bonds is 3. The van der Waals surface area contributed by atoms with E-state index in [2.05, 4.69) is 15.1 Å². The van der Waals surface area contributed by atoms with Crippen LogP contribution in [0.5, 0.6) is 0 Å². The Bertz CT molecular complexity index is 650. The second-order valence-corrected chi connectivity index (χ2v) is 4.83. The molecular weight excluding hydrogens is 270 g/mol. The number of benzene rings is 1. The standard InChI is InChI=1S/C14H17N5O2/c1-2-21-14(20)13-17-16-12-9-18(7-8-19(12)13)11-5-3-10(15)4-6-11/h3-6H,2,7-9,15H2,1H3. The summed E-state index contributed by atoms with van der Waals surface area (Å²) in [5.41, 5.74) is 7.52. The van der Waals surface area contributed by atoms with Crippen LogP contribution in [0.1, 0.15) is 23.4 Å². The van der Waals surface area contributed by atoms with Gasteiger partial charge in [0.25, 0.3) is 0 Å². The van der Waals surface area contributed by atoms with Crippen LogP contribution in [-0.4, -0.2) is 33.9 Å². The van der Waals surface area contributed by atoms with Crippen molar-refractivity contribution >= 4 is 17.3 Å². The van der Waals surface area contributed by atoms with Crippen LogP contribution in [0.25, 0.3) is 0 Å². The first kappa shape index (κ1) is 13.4. The Balaban J connectivity index is 1.80. The van der Waals surface area contributed by atoms with Gasteiger partial charge in [0.05, 0.1) is 13.2 Å². The van der Waals surface area contributed by atoms with Crippen molar-refractivity contribution in [1.82, 2.24) is 14.8 Å². The van der Waals surface area contributed by atoms with Crippen molar-refractivity contribution in [3.63, 3.8) is 0 Å².